The summed E-state index contributed by atoms with van der Waals surface area (Å²) in [6.07, 6.45) is -8.90. The highest BCUT2D eigenvalue weighted by Gasteiger charge is 2.45. The van der Waals surface area contributed by atoms with Gasteiger partial charge in [0.15, 0.2) is 0 Å². The summed E-state index contributed by atoms with van der Waals surface area (Å²) in [7, 11) is 0. The molecule has 12 amide bonds. The van der Waals surface area contributed by atoms with Gasteiger partial charge in [0.05, 0.1) is 55.7 Å². The molecular weight excluding hydrogens is 1220 g/mol. The molecule has 0 saturated carbocycles. The number of aliphatic hydroxyl groups excluding tert-OH is 7. The minimum Gasteiger partial charge on any atom is -0.481 e. The van der Waals surface area contributed by atoms with E-state index in [1.54, 1.807) is 0 Å². The predicted octanol–water partition coefficient (Wildman–Crippen LogP) is -10.4. The summed E-state index contributed by atoms with van der Waals surface area (Å²) in [5.74, 6) is -16.3. The second-order valence-corrected chi connectivity index (χ2v) is 23.2. The maximum Gasteiger partial charge on any atom is 0.326 e. The maximum absolute atomic E-state index is 14.2. The average molecular weight is 1320 g/mol. The lowest BCUT2D eigenvalue weighted by Gasteiger charge is -2.33. The molecule has 19 atom stereocenters. The van der Waals surface area contributed by atoms with Gasteiger partial charge in [-0.1, -0.05) is 0 Å². The predicted molar refractivity (Wildman–Crippen MR) is 315 cm³/mol. The number of carbonyl (C=O) groups is 14. The van der Waals surface area contributed by atoms with Crippen LogP contribution >= 0.6 is 0 Å². The number of rotatable bonds is 36. The summed E-state index contributed by atoms with van der Waals surface area (Å²) in [6, 6.07) is -21.3. The first-order valence-electron chi connectivity index (χ1n) is 30.3. The fourth-order valence-electron chi connectivity index (χ4n) is 10.3. The summed E-state index contributed by atoms with van der Waals surface area (Å²) in [5.41, 5.74) is 5.48. The third kappa shape index (κ3) is 22.8. The molecule has 22 N–H and O–H groups in total. The molecule has 0 aromatic carbocycles. The van der Waals surface area contributed by atoms with Gasteiger partial charge in [-0.2, -0.15) is 0 Å². The number of nitrogens with zero attached hydrogens (tertiary/aromatic N) is 2. The summed E-state index contributed by atoms with van der Waals surface area (Å²) < 4.78 is 0. The molecule has 0 aliphatic carbocycles. The summed E-state index contributed by atoms with van der Waals surface area (Å²) >= 11 is 0. The molecule has 0 radical (unpaired) electrons. The van der Waals surface area contributed by atoms with E-state index in [1.165, 1.54) is 6.92 Å². The zero-order chi connectivity index (χ0) is 69.6. The number of hydrogen-bond acceptors (Lipinski definition) is 23. The van der Waals surface area contributed by atoms with Gasteiger partial charge in [0, 0.05) is 13.1 Å². The summed E-state index contributed by atoms with van der Waals surface area (Å²) in [6.45, 7) is 7.22. The number of aliphatic hydroxyl groups is 7. The number of aliphatic carboxylic acids is 2. The number of carboxylic acids is 2. The Labute approximate surface area is 529 Å². The van der Waals surface area contributed by atoms with Crippen LogP contribution in [0.25, 0.3) is 0 Å². The minimum absolute atomic E-state index is 0.00217. The monoisotopic (exact) mass is 1320 g/mol. The van der Waals surface area contributed by atoms with E-state index in [9.17, 15) is 113 Å². The van der Waals surface area contributed by atoms with Crippen molar-refractivity contribution in [1.29, 1.82) is 0 Å². The fraction of sp³-hybridized carbons (Fsp3) is 0.745. The Balaban J connectivity index is 1.69. The zero-order valence-corrected chi connectivity index (χ0v) is 52.3. The smallest absolute Gasteiger partial charge is 0.326 e. The van der Waals surface area contributed by atoms with Gasteiger partial charge in [0.2, 0.25) is 70.9 Å². The summed E-state index contributed by atoms with van der Waals surface area (Å²) in [5, 5.41) is 118. The van der Waals surface area contributed by atoms with Crippen LogP contribution in [0.15, 0.2) is 0 Å². The van der Waals surface area contributed by atoms with Crippen LogP contribution in [0, 0.1) is 0 Å². The number of likely N-dealkylation sites (tertiary alicyclic amines) is 2. The Morgan fingerprint density at radius 2 is 0.826 bits per heavy atom. The lowest BCUT2D eigenvalue weighted by molar-refractivity contribution is -0.146. The molecule has 37 heteroatoms. The Hall–Kier alpha value is -7.78. The third-order valence-electron chi connectivity index (χ3n) is 15.5. The van der Waals surface area contributed by atoms with Crippen LogP contribution in [-0.4, -0.2) is 287 Å². The van der Waals surface area contributed by atoms with E-state index in [0.717, 1.165) is 51.3 Å². The van der Waals surface area contributed by atoms with E-state index in [-0.39, 0.29) is 51.7 Å². The second-order valence-electron chi connectivity index (χ2n) is 23.2. The van der Waals surface area contributed by atoms with E-state index in [0.29, 0.717) is 32.2 Å². The molecule has 3 aliphatic rings. The standard InChI is InChI=1S/C55H92N14O23/c1-23(53(89)68-19-11-16-35(68)47(83)64-41(28(6)75)51(87)65-37(24(2)71)48(84)59-31(55(91)92)13-8-9-17-56)58-46(82)34-15-12-20-69(34)54(90)42(29(7)76)67-52(88)40(27(5)74)63-45(81)33(22-70)61-44(80)32(21-36(77)78)60-49(85)38(25(3)72)66-50(86)39(26(4)73)62-43(79)30-14-10-18-57-30/h23-35,37-42,57,70-76H,8-22,56H2,1-7H3,(H,58,82)(H,59,84)(H,60,85)(H,61,80)(H,62,79)(H,63,81)(H,64,83)(H,65,87)(H,66,86)(H,67,88)(H,77,78)(H,91,92)/t23-,24+,25+,26+,27+,28+,29+,30-,31-,32-,33-,34-,35-,37-,38-,39-,40-,41-,42-/m0/s1. The molecule has 0 unspecified atom stereocenters. The molecule has 520 valence electrons. The number of unbranched alkanes of at least 4 members (excludes halogenated alkanes) is 1. The molecule has 3 saturated heterocycles. The van der Waals surface area contributed by atoms with E-state index >= 15 is 0 Å². The molecular formula is C55H92N14O23. The van der Waals surface area contributed by atoms with Crippen molar-refractivity contribution in [2.45, 2.75) is 228 Å². The topological polar surface area (TPSA) is 586 Å². The largest absolute Gasteiger partial charge is 0.481 e. The van der Waals surface area contributed by atoms with E-state index in [1.807, 2.05) is 10.6 Å². The van der Waals surface area contributed by atoms with Crippen LogP contribution in [0.4, 0.5) is 0 Å². The number of nitrogens with one attached hydrogen (secondary N) is 11. The molecule has 0 aromatic heterocycles. The van der Waals surface area contributed by atoms with Crippen LogP contribution in [0.1, 0.15) is 113 Å². The average Bonchev–Trinajstić information content (AvgIpc) is 1.73. The second kappa shape index (κ2) is 37.1. The molecule has 0 spiro atoms. The number of hydrogen-bond donors (Lipinski definition) is 21. The Morgan fingerprint density at radius 3 is 1.24 bits per heavy atom. The van der Waals surface area contributed by atoms with Crippen molar-refractivity contribution in [2.75, 3.05) is 32.8 Å². The Morgan fingerprint density at radius 1 is 0.446 bits per heavy atom. The highest BCUT2D eigenvalue weighted by atomic mass is 16.4. The van der Waals surface area contributed by atoms with Crippen LogP contribution in [0.2, 0.25) is 0 Å². The van der Waals surface area contributed by atoms with Gasteiger partial charge in [-0.05, 0) is 119 Å². The Bertz CT molecular complexity index is 2620. The quantitative estimate of drug-likeness (QED) is 0.0259. The van der Waals surface area contributed by atoms with Crippen molar-refractivity contribution < 1.29 is 113 Å². The van der Waals surface area contributed by atoms with E-state index in [2.05, 4.69) is 47.9 Å². The number of nitrogens with two attached hydrogens (primary N) is 1. The molecule has 37 nitrogen and oxygen atoms in total. The van der Waals surface area contributed by atoms with E-state index in [4.69, 9.17) is 5.73 Å². The fourth-order valence-corrected chi connectivity index (χ4v) is 10.3. The van der Waals surface area contributed by atoms with Gasteiger partial charge in [0.25, 0.3) is 0 Å². The highest BCUT2D eigenvalue weighted by Crippen LogP contribution is 2.22. The maximum atomic E-state index is 14.2. The Kier molecular flexibility index (Phi) is 31.6. The number of carboxylic acid groups (broad SMARTS) is 2. The van der Waals surface area contributed by atoms with Crippen LogP contribution in [0.3, 0.4) is 0 Å². The first-order chi connectivity index (χ1) is 43.1. The first-order valence-corrected chi connectivity index (χ1v) is 30.3. The summed E-state index contributed by atoms with van der Waals surface area (Å²) in [4.78, 5) is 189. The molecule has 3 heterocycles. The van der Waals surface area contributed by atoms with Crippen molar-refractivity contribution in [3.05, 3.63) is 0 Å². The highest BCUT2D eigenvalue weighted by molar-refractivity contribution is 6.01. The molecule has 3 rings (SSSR count). The number of carbonyl (C=O) groups excluding carboxylic acids is 12. The molecule has 3 aliphatic heterocycles. The van der Waals surface area contributed by atoms with Gasteiger partial charge in [-0.3, -0.25) is 62.3 Å². The van der Waals surface area contributed by atoms with Gasteiger partial charge < -0.3 is 120 Å². The van der Waals surface area contributed by atoms with Crippen LogP contribution in [-0.2, 0) is 67.1 Å². The van der Waals surface area contributed by atoms with Gasteiger partial charge >= 0.3 is 11.9 Å². The van der Waals surface area contributed by atoms with Crippen molar-refractivity contribution in [1.82, 2.24) is 68.3 Å². The molecule has 0 bridgehead atoms. The van der Waals surface area contributed by atoms with Gasteiger partial charge in [0.1, 0.15) is 72.5 Å². The van der Waals surface area contributed by atoms with Crippen molar-refractivity contribution in [3.63, 3.8) is 0 Å². The normalized spacial score (nSPS) is 21.5. The molecule has 3 fully saturated rings. The van der Waals surface area contributed by atoms with Gasteiger partial charge in [-0.15, -0.1) is 0 Å². The molecule has 0 aromatic rings. The van der Waals surface area contributed by atoms with E-state index < -0.39 is 211 Å². The molecule has 92 heavy (non-hydrogen) atoms. The SMILES string of the molecule is C[C@H](NC(=O)[C@@H]1CCCN1C(=O)[C@@H](NC(=O)[C@@H](NC(=O)[C@H](CO)NC(=O)[C@H](CC(=O)O)NC(=O)[C@@H](NC(=O)[C@@H](NC(=O)[C@@H]1CCCN1)[C@@H](C)O)[C@@H](C)O)[C@@H](C)O)[C@@H](C)O)C(=O)N1CCC[C@H]1C(=O)N[C@H](C(=O)N[C@H](C(=O)N[C@@H](CCCCN)C(=O)O)[C@@H](C)O)[C@@H](C)O. The zero-order valence-electron chi connectivity index (χ0n) is 52.3. The number of amides is 12. The third-order valence-corrected chi connectivity index (χ3v) is 15.5. The van der Waals surface area contributed by atoms with Crippen molar-refractivity contribution in [2.24, 2.45) is 5.73 Å². The van der Waals surface area contributed by atoms with Crippen molar-refractivity contribution in [3.8, 4) is 0 Å². The minimum atomic E-state index is -2.10. The van der Waals surface area contributed by atoms with Crippen molar-refractivity contribution >= 4 is 82.8 Å². The van der Waals surface area contributed by atoms with Gasteiger partial charge in [-0.25, -0.2) is 4.79 Å². The van der Waals surface area contributed by atoms with Crippen LogP contribution < -0.4 is 64.2 Å². The lowest BCUT2D eigenvalue weighted by Crippen LogP contribution is -2.64. The first kappa shape index (κ1) is 78.5. The van der Waals surface area contributed by atoms with Crippen LogP contribution in [0.5, 0.6) is 0 Å². The lowest BCUT2D eigenvalue weighted by atomic mass is 10.1.